The number of nitrogens with one attached hydrogen (secondary N) is 1. The van der Waals surface area contributed by atoms with Crippen LogP contribution in [-0.4, -0.2) is 43.9 Å². The van der Waals surface area contributed by atoms with Gasteiger partial charge in [-0.05, 0) is 55.9 Å². The Morgan fingerprint density at radius 1 is 1.06 bits per heavy atom. The van der Waals surface area contributed by atoms with Crippen LogP contribution in [0.4, 0.5) is 5.69 Å². The third kappa shape index (κ3) is 4.89. The molecule has 1 N–H and O–H groups in total. The van der Waals surface area contributed by atoms with Crippen molar-refractivity contribution < 1.29 is 9.59 Å². The lowest BCUT2D eigenvalue weighted by Gasteiger charge is -2.27. The number of aryl methyl sites for hydroxylation is 2. The van der Waals surface area contributed by atoms with Crippen LogP contribution >= 0.6 is 0 Å². The summed E-state index contributed by atoms with van der Waals surface area (Å²) >= 11 is 0. The molecule has 0 spiro atoms. The van der Waals surface area contributed by atoms with Crippen molar-refractivity contribution in [3.8, 4) is 0 Å². The summed E-state index contributed by atoms with van der Waals surface area (Å²) in [5.41, 5.74) is 1.24. The van der Waals surface area contributed by atoms with E-state index in [2.05, 4.69) is 24.1 Å². The quantitative estimate of drug-likeness (QED) is 0.608. The first kappa shape index (κ1) is 24.4. The van der Waals surface area contributed by atoms with Crippen molar-refractivity contribution in [2.24, 2.45) is 7.05 Å². The predicted molar refractivity (Wildman–Crippen MR) is 135 cm³/mol. The molecule has 0 unspecified atom stereocenters. The molecule has 0 radical (unpaired) electrons. The molecule has 2 aromatic heterocycles. The highest BCUT2D eigenvalue weighted by Crippen LogP contribution is 2.19. The molecule has 1 saturated heterocycles. The summed E-state index contributed by atoms with van der Waals surface area (Å²) in [7, 11) is 1.49. The molecule has 9 nitrogen and oxygen atoms in total. The maximum Gasteiger partial charge on any atom is 0.332 e. The summed E-state index contributed by atoms with van der Waals surface area (Å²) in [5.74, 6) is -0.403. The maximum absolute atomic E-state index is 13.5. The van der Waals surface area contributed by atoms with Crippen molar-refractivity contribution in [1.29, 1.82) is 0 Å². The minimum atomic E-state index is -0.693. The minimum absolute atomic E-state index is 0.0577. The van der Waals surface area contributed by atoms with Gasteiger partial charge in [-0.2, -0.15) is 0 Å². The molecule has 9 heteroatoms. The number of likely N-dealkylation sites (tertiary alicyclic amines) is 1. The van der Waals surface area contributed by atoms with E-state index < -0.39 is 23.7 Å². The molecule has 2 amide bonds. The summed E-state index contributed by atoms with van der Waals surface area (Å²) in [6.07, 6.45) is 2.89. The van der Waals surface area contributed by atoms with Crippen LogP contribution < -0.4 is 16.6 Å². The van der Waals surface area contributed by atoms with Gasteiger partial charge in [0.15, 0.2) is 0 Å². The Morgan fingerprint density at radius 2 is 1.71 bits per heavy atom. The molecule has 0 saturated carbocycles. The Labute approximate surface area is 203 Å². The molecule has 1 aliphatic rings. The molecule has 35 heavy (non-hydrogen) atoms. The van der Waals surface area contributed by atoms with Gasteiger partial charge in [-0.15, -0.1) is 0 Å². The van der Waals surface area contributed by atoms with Gasteiger partial charge in [0.1, 0.15) is 12.2 Å². The highest BCUT2D eigenvalue weighted by atomic mass is 16.2. The fraction of sp³-hybridized carbons (Fsp3) is 0.423. The highest BCUT2D eigenvalue weighted by molar-refractivity contribution is 6.05. The van der Waals surface area contributed by atoms with Crippen LogP contribution in [-0.2, 0) is 18.4 Å². The van der Waals surface area contributed by atoms with Crippen molar-refractivity contribution in [2.75, 3.05) is 18.4 Å². The van der Waals surface area contributed by atoms with Gasteiger partial charge in [-0.1, -0.05) is 26.0 Å². The molecule has 0 atom stereocenters. The molecule has 1 aromatic carbocycles. The van der Waals surface area contributed by atoms with Crippen LogP contribution in [0.25, 0.3) is 11.0 Å². The van der Waals surface area contributed by atoms with E-state index in [0.717, 1.165) is 29.4 Å². The standard InChI is InChI=1S/C26H31N5O4/c1-16(2)18-8-10-19(11-9-18)28-21(32)15-31-25(34)22-20(24(33)30-12-6-5-7-13-30)14-17(3)27-23(22)29(4)26(31)35/h8-11,14,16H,5-7,12-13,15H2,1-4H3,(H,28,32). The first-order chi connectivity index (χ1) is 16.7. The Kier molecular flexibility index (Phi) is 6.86. The summed E-state index contributed by atoms with van der Waals surface area (Å²) in [6, 6.07) is 9.01. The average Bonchev–Trinajstić information content (AvgIpc) is 2.85. The molecule has 1 fully saturated rings. The van der Waals surface area contributed by atoms with E-state index in [9.17, 15) is 19.2 Å². The first-order valence-corrected chi connectivity index (χ1v) is 12.0. The Hall–Kier alpha value is -3.75. The summed E-state index contributed by atoms with van der Waals surface area (Å²) in [6.45, 7) is 6.66. The number of anilines is 1. The van der Waals surface area contributed by atoms with Gasteiger partial charge >= 0.3 is 5.69 Å². The number of rotatable bonds is 5. The SMILES string of the molecule is Cc1cc(C(=O)N2CCCCC2)c2c(=O)n(CC(=O)Nc3ccc(C(C)C)cc3)c(=O)n(C)c2n1. The zero-order chi connectivity index (χ0) is 25.3. The van der Waals surface area contributed by atoms with Gasteiger partial charge in [0.05, 0.1) is 10.9 Å². The number of hydrogen-bond donors (Lipinski definition) is 1. The van der Waals surface area contributed by atoms with Crippen LogP contribution in [0, 0.1) is 6.92 Å². The van der Waals surface area contributed by atoms with Crippen molar-refractivity contribution in [2.45, 2.75) is 52.5 Å². The fourth-order valence-corrected chi connectivity index (χ4v) is 4.47. The second-order valence-corrected chi connectivity index (χ2v) is 9.42. The monoisotopic (exact) mass is 477 g/mol. The number of piperidine rings is 1. The smallest absolute Gasteiger partial charge is 0.332 e. The average molecular weight is 478 g/mol. The second-order valence-electron chi connectivity index (χ2n) is 9.42. The number of fused-ring (bicyclic) bond motifs is 1. The van der Waals surface area contributed by atoms with Crippen molar-refractivity contribution in [3.05, 3.63) is 68.0 Å². The summed E-state index contributed by atoms with van der Waals surface area (Å²) in [5, 5.41) is 2.80. The van der Waals surface area contributed by atoms with Crippen molar-refractivity contribution in [3.63, 3.8) is 0 Å². The third-order valence-electron chi connectivity index (χ3n) is 6.46. The van der Waals surface area contributed by atoms with Gasteiger partial charge in [0.2, 0.25) is 5.91 Å². The second kappa shape index (κ2) is 9.85. The van der Waals surface area contributed by atoms with Gasteiger partial charge in [0.25, 0.3) is 11.5 Å². The Morgan fingerprint density at radius 3 is 2.34 bits per heavy atom. The Balaban J connectivity index is 1.72. The van der Waals surface area contributed by atoms with E-state index in [4.69, 9.17) is 0 Å². The molecule has 3 heterocycles. The molecule has 4 rings (SSSR count). The lowest BCUT2D eigenvalue weighted by Crippen LogP contribution is -2.43. The van der Waals surface area contributed by atoms with Gasteiger partial charge in [0, 0.05) is 31.5 Å². The fourth-order valence-electron chi connectivity index (χ4n) is 4.47. The Bertz CT molecular complexity index is 1400. The number of nitrogens with zero attached hydrogens (tertiary/aromatic N) is 4. The van der Waals surface area contributed by atoms with Crippen LogP contribution in [0.1, 0.15) is 60.6 Å². The van der Waals surface area contributed by atoms with Crippen molar-refractivity contribution in [1.82, 2.24) is 19.0 Å². The van der Waals surface area contributed by atoms with Crippen molar-refractivity contribution >= 4 is 28.5 Å². The van der Waals surface area contributed by atoms with E-state index in [1.807, 2.05) is 12.1 Å². The molecule has 184 valence electrons. The third-order valence-corrected chi connectivity index (χ3v) is 6.46. The normalized spacial score (nSPS) is 13.9. The first-order valence-electron chi connectivity index (χ1n) is 12.0. The highest BCUT2D eigenvalue weighted by Gasteiger charge is 2.25. The largest absolute Gasteiger partial charge is 0.339 e. The number of benzene rings is 1. The molecular weight excluding hydrogens is 446 g/mol. The molecule has 1 aliphatic heterocycles. The number of amides is 2. The van der Waals surface area contributed by atoms with Crippen LogP contribution in [0.2, 0.25) is 0 Å². The van der Waals surface area contributed by atoms with E-state index in [1.165, 1.54) is 11.6 Å². The molecule has 0 aliphatic carbocycles. The predicted octanol–water partition coefficient (Wildman–Crippen LogP) is 2.79. The topological polar surface area (TPSA) is 106 Å². The number of aromatic nitrogens is 3. The number of pyridine rings is 1. The maximum atomic E-state index is 13.5. The van der Waals surface area contributed by atoms with Crippen LogP contribution in [0.15, 0.2) is 39.9 Å². The van der Waals surface area contributed by atoms with Crippen LogP contribution in [0.5, 0.6) is 0 Å². The zero-order valence-electron chi connectivity index (χ0n) is 20.6. The van der Waals surface area contributed by atoms with E-state index in [0.29, 0.717) is 30.4 Å². The molecular formula is C26H31N5O4. The van der Waals surface area contributed by atoms with Crippen LogP contribution in [0.3, 0.4) is 0 Å². The number of hydrogen-bond acceptors (Lipinski definition) is 5. The lowest BCUT2D eigenvalue weighted by molar-refractivity contribution is -0.116. The van der Waals surface area contributed by atoms with E-state index >= 15 is 0 Å². The molecule has 3 aromatic rings. The summed E-state index contributed by atoms with van der Waals surface area (Å²) < 4.78 is 2.09. The van der Waals surface area contributed by atoms with Gasteiger partial charge in [-0.25, -0.2) is 9.78 Å². The number of carbonyl (C=O) groups is 2. The van der Waals surface area contributed by atoms with Gasteiger partial charge in [-0.3, -0.25) is 23.5 Å². The lowest BCUT2D eigenvalue weighted by atomic mass is 10.0. The zero-order valence-corrected chi connectivity index (χ0v) is 20.6. The minimum Gasteiger partial charge on any atom is -0.339 e. The summed E-state index contributed by atoms with van der Waals surface area (Å²) in [4.78, 5) is 58.7. The van der Waals surface area contributed by atoms with Gasteiger partial charge < -0.3 is 10.2 Å². The molecule has 0 bridgehead atoms. The van der Waals surface area contributed by atoms with E-state index in [-0.39, 0.29) is 22.5 Å². The van der Waals surface area contributed by atoms with E-state index in [1.54, 1.807) is 30.0 Å². The number of carbonyl (C=O) groups excluding carboxylic acids is 2.